The van der Waals surface area contributed by atoms with Crippen LogP contribution in [-0.4, -0.2) is 102 Å². The Kier molecular flexibility index (Phi) is 16.5. The van der Waals surface area contributed by atoms with E-state index in [9.17, 15) is 20.1 Å². The lowest BCUT2D eigenvalue weighted by Gasteiger charge is -2.30. The van der Waals surface area contributed by atoms with Gasteiger partial charge in [-0.2, -0.15) is 10.5 Å². The SMILES string of the molecule is CCN(CC)c1ccc(/C=C(/C#N)C(=O)OCC[N+](C)(C)Cc2ccc(C[N+](C)(C)CCOC(=O)/C(C#N)=C/c3ccc(N(CC)CC)cc3)cc2)cc1. The summed E-state index contributed by atoms with van der Waals surface area (Å²) in [6.45, 7) is 15.1. The molecule has 0 saturated heterocycles. The summed E-state index contributed by atoms with van der Waals surface area (Å²) >= 11 is 0. The Hall–Kier alpha value is -5.42. The minimum atomic E-state index is -0.621. The number of nitriles is 2. The zero-order valence-electron chi connectivity index (χ0n) is 33.5. The first-order chi connectivity index (χ1) is 25.8. The van der Waals surface area contributed by atoms with Crippen molar-refractivity contribution in [2.24, 2.45) is 0 Å². The van der Waals surface area contributed by atoms with Crippen LogP contribution in [-0.2, 0) is 32.2 Å². The lowest BCUT2D eigenvalue weighted by atomic mass is 10.1. The summed E-state index contributed by atoms with van der Waals surface area (Å²) < 4.78 is 12.2. The average molecular weight is 735 g/mol. The van der Waals surface area contributed by atoms with Crippen molar-refractivity contribution in [1.82, 2.24) is 0 Å². The van der Waals surface area contributed by atoms with Crippen LogP contribution in [0.2, 0.25) is 0 Å². The van der Waals surface area contributed by atoms with E-state index in [1.54, 1.807) is 12.2 Å². The highest BCUT2D eigenvalue weighted by atomic mass is 16.5. The largest absolute Gasteiger partial charge is 0.456 e. The smallest absolute Gasteiger partial charge is 0.349 e. The summed E-state index contributed by atoms with van der Waals surface area (Å²) in [4.78, 5) is 29.9. The lowest BCUT2D eigenvalue weighted by molar-refractivity contribution is -0.904. The van der Waals surface area contributed by atoms with Gasteiger partial charge in [0.25, 0.3) is 0 Å². The third-order valence-corrected chi connectivity index (χ3v) is 9.45. The minimum absolute atomic E-state index is 0.0256. The van der Waals surface area contributed by atoms with Crippen molar-refractivity contribution in [3.05, 3.63) is 106 Å². The molecule has 10 heteroatoms. The molecule has 0 bridgehead atoms. The summed E-state index contributed by atoms with van der Waals surface area (Å²) in [5.41, 5.74) is 5.99. The topological polar surface area (TPSA) is 107 Å². The molecule has 3 aromatic rings. The van der Waals surface area contributed by atoms with E-state index in [2.05, 4.69) is 90.0 Å². The van der Waals surface area contributed by atoms with Crippen LogP contribution in [0.4, 0.5) is 11.4 Å². The third-order valence-electron chi connectivity index (χ3n) is 9.45. The first kappa shape index (κ1) is 43.0. The van der Waals surface area contributed by atoms with Crippen molar-refractivity contribution in [1.29, 1.82) is 10.5 Å². The molecule has 0 saturated carbocycles. The van der Waals surface area contributed by atoms with E-state index in [1.165, 1.54) is 0 Å². The number of hydrogen-bond donors (Lipinski definition) is 0. The molecule has 0 heterocycles. The molecular weight excluding hydrogens is 677 g/mol. The van der Waals surface area contributed by atoms with Crippen LogP contribution in [0.25, 0.3) is 12.2 Å². The van der Waals surface area contributed by atoms with Crippen LogP contribution >= 0.6 is 0 Å². The van der Waals surface area contributed by atoms with E-state index in [0.29, 0.717) is 22.1 Å². The average Bonchev–Trinajstić information content (AvgIpc) is 3.15. The fraction of sp³-hybridized carbons (Fsp3) is 0.409. The van der Waals surface area contributed by atoms with E-state index in [1.807, 2.05) is 60.7 Å². The molecule has 0 atom stereocenters. The third kappa shape index (κ3) is 13.5. The molecular formula is C44H58N6O4+2. The van der Waals surface area contributed by atoms with E-state index in [4.69, 9.17) is 9.47 Å². The quantitative estimate of drug-likeness (QED) is 0.0539. The van der Waals surface area contributed by atoms with Crippen LogP contribution < -0.4 is 9.80 Å². The number of benzene rings is 3. The number of ether oxygens (including phenoxy) is 2. The zero-order chi connectivity index (χ0) is 39.7. The molecule has 10 nitrogen and oxygen atoms in total. The molecule has 54 heavy (non-hydrogen) atoms. The van der Waals surface area contributed by atoms with Gasteiger partial charge in [0.05, 0.1) is 28.2 Å². The van der Waals surface area contributed by atoms with Gasteiger partial charge in [-0.3, -0.25) is 0 Å². The Balaban J connectivity index is 1.46. The maximum absolute atomic E-state index is 12.7. The second kappa shape index (κ2) is 20.7. The van der Waals surface area contributed by atoms with Gasteiger partial charge in [-0.05, 0) is 75.2 Å². The maximum Gasteiger partial charge on any atom is 0.349 e. The summed E-state index contributed by atoms with van der Waals surface area (Å²) in [6, 6.07) is 28.0. The van der Waals surface area contributed by atoms with E-state index in [-0.39, 0.29) is 24.4 Å². The molecule has 0 aromatic heterocycles. The van der Waals surface area contributed by atoms with Gasteiger partial charge < -0.3 is 28.2 Å². The highest BCUT2D eigenvalue weighted by molar-refractivity contribution is 5.98. The van der Waals surface area contributed by atoms with Gasteiger partial charge in [0.15, 0.2) is 0 Å². The van der Waals surface area contributed by atoms with Crippen molar-refractivity contribution in [3.8, 4) is 12.1 Å². The normalized spacial score (nSPS) is 12.0. The van der Waals surface area contributed by atoms with Crippen molar-refractivity contribution in [3.63, 3.8) is 0 Å². The van der Waals surface area contributed by atoms with Crippen LogP contribution in [0.15, 0.2) is 83.9 Å². The molecule has 0 unspecified atom stereocenters. The van der Waals surface area contributed by atoms with Crippen LogP contribution in [0.5, 0.6) is 0 Å². The van der Waals surface area contributed by atoms with Crippen molar-refractivity contribution >= 4 is 35.5 Å². The predicted octanol–water partition coefficient (Wildman–Crippen LogP) is 6.83. The molecule has 0 aliphatic heterocycles. The van der Waals surface area contributed by atoms with E-state index in [0.717, 1.165) is 72.9 Å². The minimum Gasteiger partial charge on any atom is -0.456 e. The fourth-order valence-corrected chi connectivity index (χ4v) is 6.17. The molecule has 0 aliphatic rings. The zero-order valence-corrected chi connectivity index (χ0v) is 33.5. The molecule has 286 valence electrons. The first-order valence-electron chi connectivity index (χ1n) is 18.8. The van der Waals surface area contributed by atoms with Crippen molar-refractivity contribution < 1.29 is 28.0 Å². The molecule has 0 radical (unpaired) electrons. The number of anilines is 2. The van der Waals surface area contributed by atoms with Crippen LogP contribution in [0.3, 0.4) is 0 Å². The Morgan fingerprint density at radius 1 is 0.574 bits per heavy atom. The number of carbonyl (C=O) groups excluding carboxylic acids is 2. The number of rotatable bonds is 20. The van der Waals surface area contributed by atoms with Gasteiger partial charge in [-0.15, -0.1) is 0 Å². The summed E-state index contributed by atoms with van der Waals surface area (Å²) in [6.07, 6.45) is 3.14. The van der Waals surface area contributed by atoms with Gasteiger partial charge >= 0.3 is 11.9 Å². The molecule has 0 aliphatic carbocycles. The monoisotopic (exact) mass is 734 g/mol. The Morgan fingerprint density at radius 2 is 0.889 bits per heavy atom. The molecule has 0 fully saturated rings. The molecule has 0 spiro atoms. The van der Waals surface area contributed by atoms with Gasteiger partial charge in [-0.25, -0.2) is 9.59 Å². The first-order valence-corrected chi connectivity index (χ1v) is 18.8. The number of hydrogen-bond acceptors (Lipinski definition) is 8. The Morgan fingerprint density at radius 3 is 1.17 bits per heavy atom. The van der Waals surface area contributed by atoms with Crippen molar-refractivity contribution in [2.75, 3.05) is 90.5 Å². The molecule has 0 amide bonds. The van der Waals surface area contributed by atoms with E-state index >= 15 is 0 Å². The van der Waals surface area contributed by atoms with Crippen molar-refractivity contribution in [2.45, 2.75) is 40.8 Å². The number of carbonyl (C=O) groups is 2. The number of quaternary nitrogens is 2. The summed E-state index contributed by atoms with van der Waals surface area (Å²) in [5.74, 6) is -1.24. The predicted molar refractivity (Wildman–Crippen MR) is 217 cm³/mol. The Bertz CT molecular complexity index is 1670. The highest BCUT2D eigenvalue weighted by Crippen LogP contribution is 2.19. The second-order valence-electron chi connectivity index (χ2n) is 14.6. The molecule has 0 N–H and O–H groups in total. The summed E-state index contributed by atoms with van der Waals surface area (Å²) in [5, 5.41) is 19.3. The van der Waals surface area contributed by atoms with Gasteiger partial charge in [-0.1, -0.05) is 48.5 Å². The van der Waals surface area contributed by atoms with Gasteiger partial charge in [0.1, 0.15) is 62.7 Å². The Labute approximate surface area is 322 Å². The van der Waals surface area contributed by atoms with Gasteiger partial charge in [0.2, 0.25) is 0 Å². The van der Waals surface area contributed by atoms with Crippen LogP contribution in [0, 0.1) is 22.7 Å². The fourth-order valence-electron chi connectivity index (χ4n) is 6.17. The lowest BCUT2D eigenvalue weighted by Crippen LogP contribution is -2.42. The second-order valence-corrected chi connectivity index (χ2v) is 14.6. The number of nitrogens with zero attached hydrogens (tertiary/aromatic N) is 6. The number of esters is 2. The molecule has 3 aromatic carbocycles. The maximum atomic E-state index is 12.7. The standard InChI is InChI=1S/C44H58N6O4/c1-9-47(10-2)41-21-17-35(18-22-41)29-39(31-45)43(51)53-27-25-49(5,6)33-37-13-15-38(16-14-37)34-50(7,8)26-28-54-44(52)40(32-46)30-36-19-23-42(24-20-36)48(11-3)12-4/h13-24,29-30H,9-12,25-28,33-34H2,1-8H3/q+2/b39-29-,40-30+. The van der Waals surface area contributed by atoms with E-state index < -0.39 is 11.9 Å². The molecule has 3 rings (SSSR count). The highest BCUT2D eigenvalue weighted by Gasteiger charge is 2.21. The van der Waals surface area contributed by atoms with Crippen LogP contribution in [0.1, 0.15) is 49.9 Å². The van der Waals surface area contributed by atoms with Gasteiger partial charge in [0, 0.05) is 48.7 Å². The number of likely N-dealkylation sites (N-methyl/N-ethyl adjacent to an activating group) is 2. The summed E-state index contributed by atoms with van der Waals surface area (Å²) in [7, 11) is 8.32.